The van der Waals surface area contributed by atoms with Gasteiger partial charge in [-0.2, -0.15) is 0 Å². The zero-order valence-corrected chi connectivity index (χ0v) is 9.81. The number of nitrogens with zero attached hydrogens (tertiary/aromatic N) is 1. The first-order chi connectivity index (χ1) is 5.76. The monoisotopic (exact) mass is 246 g/mol. The van der Waals surface area contributed by atoms with E-state index < -0.39 is 11.1 Å². The number of halogens is 1. The van der Waals surface area contributed by atoms with Crippen molar-refractivity contribution in [1.82, 2.24) is 5.06 Å². The third-order valence-electron chi connectivity index (χ3n) is 2.57. The maximum absolute atomic E-state index is 11.8. The van der Waals surface area contributed by atoms with E-state index in [0.717, 1.165) is 11.3 Å². The summed E-state index contributed by atoms with van der Waals surface area (Å²) >= 11 is 3.31. The van der Waals surface area contributed by atoms with Gasteiger partial charge in [-0.1, -0.05) is 15.9 Å². The summed E-state index contributed by atoms with van der Waals surface area (Å²) in [6, 6.07) is 0. The van der Waals surface area contributed by atoms with Crippen LogP contribution in [0, 0.1) is 5.21 Å². The van der Waals surface area contributed by atoms with Crippen LogP contribution in [0.2, 0.25) is 0 Å². The highest BCUT2D eigenvalue weighted by Crippen LogP contribution is 2.46. The summed E-state index contributed by atoms with van der Waals surface area (Å²) in [5, 5.41) is 12.8. The van der Waals surface area contributed by atoms with Crippen molar-refractivity contribution in [2.45, 2.75) is 38.8 Å². The third-order valence-corrected chi connectivity index (χ3v) is 3.96. The van der Waals surface area contributed by atoms with Crippen molar-refractivity contribution in [3.63, 3.8) is 0 Å². The Morgan fingerprint density at radius 1 is 1.31 bits per heavy atom. The highest BCUT2D eigenvalue weighted by molar-refractivity contribution is 9.11. The van der Waals surface area contributed by atoms with Gasteiger partial charge in [-0.05, 0) is 27.7 Å². The summed E-state index contributed by atoms with van der Waals surface area (Å²) in [6.07, 6.45) is 0.754. The molecule has 0 amide bonds. The van der Waals surface area contributed by atoms with E-state index in [0.29, 0.717) is 10.1 Å². The average molecular weight is 247 g/mol. The number of hydrogen-bond acceptors (Lipinski definition) is 3. The first-order valence-corrected chi connectivity index (χ1v) is 4.89. The predicted octanol–water partition coefficient (Wildman–Crippen LogP) is 2.20. The second-order valence-corrected chi connectivity index (χ2v) is 5.05. The Labute approximate surface area is 86.5 Å². The largest absolute Gasteiger partial charge is 0.784 e. The Morgan fingerprint density at radius 2 is 1.77 bits per heavy atom. The molecule has 0 aromatic heterocycles. The van der Waals surface area contributed by atoms with Crippen LogP contribution >= 0.6 is 15.9 Å². The molecular weight excluding hydrogens is 234 g/mol. The van der Waals surface area contributed by atoms with Crippen molar-refractivity contribution in [2.75, 3.05) is 0 Å². The lowest BCUT2D eigenvalue weighted by atomic mass is 9.98. The van der Waals surface area contributed by atoms with Crippen molar-refractivity contribution < 1.29 is 4.79 Å². The predicted molar refractivity (Wildman–Crippen MR) is 55.4 cm³/mol. The Kier molecular flexibility index (Phi) is 2.43. The molecular formula is C9H13BrNO2-. The van der Waals surface area contributed by atoms with Crippen LogP contribution in [0.1, 0.15) is 27.7 Å². The van der Waals surface area contributed by atoms with Crippen LogP contribution in [0.25, 0.3) is 0 Å². The Hall–Kier alpha value is -0.190. The van der Waals surface area contributed by atoms with Crippen LogP contribution in [-0.2, 0) is 4.79 Å². The lowest BCUT2D eigenvalue weighted by molar-refractivity contribution is -0.105. The molecule has 0 spiro atoms. The minimum absolute atomic E-state index is 0.535. The molecule has 4 heteroatoms. The van der Waals surface area contributed by atoms with E-state index in [1.165, 1.54) is 0 Å². The van der Waals surface area contributed by atoms with Gasteiger partial charge in [-0.15, -0.1) is 0 Å². The van der Waals surface area contributed by atoms with Gasteiger partial charge in [0, 0.05) is 21.1 Å². The molecule has 0 saturated carbocycles. The van der Waals surface area contributed by atoms with E-state index in [-0.39, 0.29) is 0 Å². The standard InChI is InChI=1S/C9H13BrNO2/c1-8(2)6(5-12)7(10)9(3,4)11(8)13/h5H,1-4H3/q-1. The van der Waals surface area contributed by atoms with Gasteiger partial charge in [0.1, 0.15) is 6.29 Å². The van der Waals surface area contributed by atoms with Crippen molar-refractivity contribution in [3.8, 4) is 0 Å². The second kappa shape index (κ2) is 2.90. The summed E-state index contributed by atoms with van der Waals surface area (Å²) in [7, 11) is 0. The van der Waals surface area contributed by atoms with Gasteiger partial charge in [-0.25, -0.2) is 0 Å². The molecule has 74 valence electrons. The van der Waals surface area contributed by atoms with Crippen LogP contribution < -0.4 is 0 Å². The maximum Gasteiger partial charge on any atom is 0.148 e. The number of hydrogen-bond donors (Lipinski definition) is 0. The number of hydroxylamine groups is 2. The summed E-state index contributed by atoms with van der Waals surface area (Å²) < 4.78 is 0.690. The number of carbonyl (C=O) groups excluding carboxylic acids is 1. The second-order valence-electron chi connectivity index (χ2n) is 4.26. The minimum atomic E-state index is -0.732. The molecule has 0 bridgehead atoms. The van der Waals surface area contributed by atoms with Crippen LogP contribution in [0.4, 0.5) is 0 Å². The highest BCUT2D eigenvalue weighted by atomic mass is 79.9. The van der Waals surface area contributed by atoms with Gasteiger partial charge in [0.15, 0.2) is 0 Å². The fourth-order valence-electron chi connectivity index (χ4n) is 1.69. The van der Waals surface area contributed by atoms with Gasteiger partial charge in [0.25, 0.3) is 0 Å². The molecule has 0 N–H and O–H groups in total. The quantitative estimate of drug-likeness (QED) is 0.667. The first kappa shape index (κ1) is 10.9. The molecule has 13 heavy (non-hydrogen) atoms. The SMILES string of the molecule is CC1(C)C(Br)=C(C=O)C(C)(C)N1[O-]. The molecule has 1 aliphatic heterocycles. The first-order valence-electron chi connectivity index (χ1n) is 4.09. The molecule has 0 unspecified atom stereocenters. The molecule has 3 nitrogen and oxygen atoms in total. The van der Waals surface area contributed by atoms with Gasteiger partial charge in [-0.3, -0.25) is 4.79 Å². The number of aldehydes is 1. The molecule has 0 aromatic carbocycles. The van der Waals surface area contributed by atoms with Gasteiger partial charge >= 0.3 is 0 Å². The highest BCUT2D eigenvalue weighted by Gasteiger charge is 2.44. The lowest BCUT2D eigenvalue weighted by Gasteiger charge is -2.47. The van der Waals surface area contributed by atoms with Crippen LogP contribution in [0.5, 0.6) is 0 Å². The topological polar surface area (TPSA) is 43.4 Å². The molecule has 0 saturated heterocycles. The Morgan fingerprint density at radius 3 is 1.92 bits per heavy atom. The smallest absolute Gasteiger partial charge is 0.148 e. The summed E-state index contributed by atoms with van der Waals surface area (Å²) in [4.78, 5) is 10.8. The Bertz CT molecular complexity index is 281. The maximum atomic E-state index is 11.8. The van der Waals surface area contributed by atoms with Crippen molar-refractivity contribution in [3.05, 3.63) is 15.3 Å². The van der Waals surface area contributed by atoms with Crippen LogP contribution in [0.15, 0.2) is 10.1 Å². The summed E-state index contributed by atoms with van der Waals surface area (Å²) in [5.74, 6) is 0. The lowest BCUT2D eigenvalue weighted by Crippen LogP contribution is -2.46. The average Bonchev–Trinajstić information content (AvgIpc) is 2.12. The molecule has 0 atom stereocenters. The van der Waals surface area contributed by atoms with E-state index in [1.807, 2.05) is 0 Å². The van der Waals surface area contributed by atoms with Gasteiger partial charge < -0.3 is 10.3 Å². The molecule has 0 aliphatic carbocycles. The van der Waals surface area contributed by atoms with Crippen molar-refractivity contribution in [1.29, 1.82) is 0 Å². The summed E-state index contributed by atoms with van der Waals surface area (Å²) in [5.41, 5.74) is -0.836. The molecule has 0 aromatic rings. The van der Waals surface area contributed by atoms with Crippen LogP contribution in [-0.4, -0.2) is 22.4 Å². The molecule has 0 radical (unpaired) electrons. The van der Waals surface area contributed by atoms with Gasteiger partial charge in [0.05, 0.1) is 0 Å². The van der Waals surface area contributed by atoms with Crippen LogP contribution in [0.3, 0.4) is 0 Å². The number of rotatable bonds is 1. The molecule has 1 aliphatic rings. The third kappa shape index (κ3) is 1.28. The Balaban J connectivity index is 3.31. The normalized spacial score (nSPS) is 26.6. The zero-order chi connectivity index (χ0) is 10.4. The molecule has 1 rings (SSSR count). The van der Waals surface area contributed by atoms with E-state index in [2.05, 4.69) is 15.9 Å². The van der Waals surface area contributed by atoms with Crippen molar-refractivity contribution >= 4 is 22.2 Å². The van der Waals surface area contributed by atoms with E-state index in [9.17, 15) is 10.0 Å². The molecule has 0 fully saturated rings. The van der Waals surface area contributed by atoms with E-state index >= 15 is 0 Å². The summed E-state index contributed by atoms with van der Waals surface area (Å²) in [6.45, 7) is 7.09. The molecule has 1 heterocycles. The minimum Gasteiger partial charge on any atom is -0.784 e. The fourth-order valence-corrected chi connectivity index (χ4v) is 2.43. The fraction of sp³-hybridized carbons (Fsp3) is 0.667. The zero-order valence-electron chi connectivity index (χ0n) is 8.22. The number of carbonyl (C=O) groups is 1. The van der Waals surface area contributed by atoms with Gasteiger partial charge in [0.2, 0.25) is 0 Å². The van der Waals surface area contributed by atoms with Crippen molar-refractivity contribution in [2.24, 2.45) is 0 Å². The van der Waals surface area contributed by atoms with E-state index in [1.54, 1.807) is 27.7 Å². The van der Waals surface area contributed by atoms with E-state index in [4.69, 9.17) is 0 Å².